The van der Waals surface area contributed by atoms with E-state index in [1.165, 1.54) is 15.9 Å². The number of anilines is 1. The number of hydrogen-bond donors (Lipinski definition) is 1. The van der Waals surface area contributed by atoms with Gasteiger partial charge in [-0.05, 0) is 18.4 Å². The van der Waals surface area contributed by atoms with Crippen LogP contribution in [0.2, 0.25) is 0 Å². The molecule has 1 aliphatic heterocycles. The zero-order valence-corrected chi connectivity index (χ0v) is 18.4. The Labute approximate surface area is 186 Å². The van der Waals surface area contributed by atoms with Crippen LogP contribution in [0.15, 0.2) is 39.5 Å². The molecule has 1 aromatic carbocycles. The summed E-state index contributed by atoms with van der Waals surface area (Å²) in [5.74, 6) is 0.810. The first-order valence-electron chi connectivity index (χ1n) is 10.3. The van der Waals surface area contributed by atoms with Gasteiger partial charge in [-0.25, -0.2) is 9.97 Å². The molecule has 1 aliphatic rings. The highest BCUT2D eigenvalue weighted by Crippen LogP contribution is 2.32. The van der Waals surface area contributed by atoms with Crippen LogP contribution in [0.1, 0.15) is 24.3 Å². The van der Waals surface area contributed by atoms with E-state index in [9.17, 15) is 9.59 Å². The third-order valence-corrected chi connectivity index (χ3v) is 6.44. The van der Waals surface area contributed by atoms with E-state index in [2.05, 4.69) is 25.5 Å². The zero-order chi connectivity index (χ0) is 22.2. The van der Waals surface area contributed by atoms with Gasteiger partial charge < -0.3 is 14.6 Å². The van der Waals surface area contributed by atoms with Crippen molar-refractivity contribution >= 4 is 32.7 Å². The first-order chi connectivity index (χ1) is 15.5. The average molecular weight is 452 g/mol. The molecular weight excluding hydrogens is 430 g/mol. The highest BCUT2D eigenvalue weighted by molar-refractivity contribution is 7.21. The van der Waals surface area contributed by atoms with Crippen molar-refractivity contribution in [3.8, 4) is 11.7 Å². The molecular formula is C21H21N7O3S. The van der Waals surface area contributed by atoms with Crippen molar-refractivity contribution in [1.29, 1.82) is 0 Å². The Morgan fingerprint density at radius 3 is 2.81 bits per heavy atom. The maximum Gasteiger partial charge on any atom is 0.284 e. The number of amides is 1. The van der Waals surface area contributed by atoms with Crippen molar-refractivity contribution < 1.29 is 9.21 Å². The van der Waals surface area contributed by atoms with Crippen LogP contribution in [-0.2, 0) is 18.4 Å². The number of nitrogens with one attached hydrogen (secondary N) is 1. The van der Waals surface area contributed by atoms with Gasteiger partial charge in [0.05, 0.1) is 0 Å². The minimum atomic E-state index is -0.332. The summed E-state index contributed by atoms with van der Waals surface area (Å²) in [4.78, 5) is 37.3. The Morgan fingerprint density at radius 1 is 1.25 bits per heavy atom. The number of fused-ring (bicyclic) bond motifs is 1. The van der Waals surface area contributed by atoms with Crippen molar-refractivity contribution in [3.05, 3.63) is 52.1 Å². The maximum atomic E-state index is 12.9. The number of carbonyl (C=O) groups excluding carboxylic acids is 1. The first kappa shape index (κ1) is 20.3. The zero-order valence-electron chi connectivity index (χ0n) is 17.6. The van der Waals surface area contributed by atoms with E-state index in [4.69, 9.17) is 4.42 Å². The topological polar surface area (TPSA) is 119 Å². The molecule has 0 unspecified atom stereocenters. The number of aryl methyl sites for hydroxylation is 1. The number of benzene rings is 1. The molecule has 11 heteroatoms. The van der Waals surface area contributed by atoms with Crippen molar-refractivity contribution in [2.75, 3.05) is 11.4 Å². The predicted molar refractivity (Wildman–Crippen MR) is 119 cm³/mol. The van der Waals surface area contributed by atoms with E-state index < -0.39 is 0 Å². The number of rotatable bonds is 5. The van der Waals surface area contributed by atoms with Gasteiger partial charge in [0.1, 0.15) is 6.04 Å². The molecule has 4 aromatic rings. The molecule has 1 amide bonds. The van der Waals surface area contributed by atoms with E-state index >= 15 is 0 Å². The standard InChI is InChI=1S/C21H21N7O3S/c1-12-25-26-18(31-12)16-24-19-15(20(30)27(16)2)23-21(32-19)28-10-6-9-14(28)17(29)22-11-13-7-4-3-5-8-13/h3-5,7-8,14H,6,9-11H2,1-2H3,(H,22,29)/t14-/m1/s1. The Hall–Kier alpha value is -3.60. The lowest BCUT2D eigenvalue weighted by Gasteiger charge is -2.23. The molecule has 1 N–H and O–H groups in total. The molecule has 3 aromatic heterocycles. The van der Waals surface area contributed by atoms with Crippen LogP contribution in [0.25, 0.3) is 22.1 Å². The Morgan fingerprint density at radius 2 is 2.06 bits per heavy atom. The van der Waals surface area contributed by atoms with E-state index in [1.807, 2.05) is 35.2 Å². The molecule has 164 valence electrons. The smallest absolute Gasteiger partial charge is 0.284 e. The minimum absolute atomic E-state index is 0.0477. The second-order valence-electron chi connectivity index (χ2n) is 7.63. The molecule has 0 aliphatic carbocycles. The van der Waals surface area contributed by atoms with Gasteiger partial charge in [-0.15, -0.1) is 10.2 Å². The van der Waals surface area contributed by atoms with Crippen molar-refractivity contribution in [2.24, 2.45) is 7.05 Å². The predicted octanol–water partition coefficient (Wildman–Crippen LogP) is 2.03. The molecule has 32 heavy (non-hydrogen) atoms. The number of nitrogens with zero attached hydrogens (tertiary/aromatic N) is 6. The number of thiazole rings is 1. The fourth-order valence-electron chi connectivity index (χ4n) is 3.81. The third kappa shape index (κ3) is 3.64. The first-order valence-corrected chi connectivity index (χ1v) is 11.1. The minimum Gasteiger partial charge on any atom is -0.419 e. The molecule has 5 rings (SSSR count). The number of carbonyl (C=O) groups is 1. The molecule has 1 atom stereocenters. The van der Waals surface area contributed by atoms with E-state index in [-0.39, 0.29) is 34.7 Å². The maximum absolute atomic E-state index is 12.9. The van der Waals surface area contributed by atoms with Crippen LogP contribution >= 0.6 is 11.3 Å². The summed E-state index contributed by atoms with van der Waals surface area (Å²) in [6.45, 7) is 2.84. The highest BCUT2D eigenvalue weighted by Gasteiger charge is 2.33. The SMILES string of the molecule is Cc1nnc(-c2nc3sc(N4CCC[C@@H]4C(=O)NCc4ccccc4)nc3c(=O)n2C)o1. The monoisotopic (exact) mass is 451 g/mol. The lowest BCUT2D eigenvalue weighted by Crippen LogP contribution is -2.43. The van der Waals surface area contributed by atoms with Crippen LogP contribution < -0.4 is 15.8 Å². The van der Waals surface area contributed by atoms with Gasteiger partial charge in [0.15, 0.2) is 15.5 Å². The fraction of sp³-hybridized carbons (Fsp3) is 0.333. The Kier molecular flexibility index (Phi) is 5.17. The Bertz CT molecular complexity index is 1340. The largest absolute Gasteiger partial charge is 0.419 e. The van der Waals surface area contributed by atoms with Gasteiger partial charge in [-0.2, -0.15) is 0 Å². The molecule has 0 saturated carbocycles. The molecule has 10 nitrogen and oxygen atoms in total. The van der Waals surface area contributed by atoms with Gasteiger partial charge >= 0.3 is 0 Å². The average Bonchev–Trinajstić information content (AvgIpc) is 3.54. The fourth-order valence-corrected chi connectivity index (χ4v) is 4.82. The molecule has 0 bridgehead atoms. The molecule has 1 fully saturated rings. The summed E-state index contributed by atoms with van der Waals surface area (Å²) in [7, 11) is 1.60. The molecule has 4 heterocycles. The molecule has 0 spiro atoms. The van der Waals surface area contributed by atoms with Crippen LogP contribution in [0.3, 0.4) is 0 Å². The molecule has 0 radical (unpaired) electrons. The lowest BCUT2D eigenvalue weighted by atomic mass is 10.2. The van der Waals surface area contributed by atoms with E-state index in [0.717, 1.165) is 18.4 Å². The summed E-state index contributed by atoms with van der Waals surface area (Å²) in [5.41, 5.74) is 1.01. The number of aromatic nitrogens is 5. The van der Waals surface area contributed by atoms with Crippen LogP contribution in [0.4, 0.5) is 5.13 Å². The van der Waals surface area contributed by atoms with Gasteiger partial charge in [-0.3, -0.25) is 14.2 Å². The van der Waals surface area contributed by atoms with Crippen LogP contribution in [0.5, 0.6) is 0 Å². The highest BCUT2D eigenvalue weighted by atomic mass is 32.1. The van der Waals surface area contributed by atoms with Crippen LogP contribution in [0, 0.1) is 6.92 Å². The summed E-state index contributed by atoms with van der Waals surface area (Å²) < 4.78 is 6.80. The van der Waals surface area contributed by atoms with Gasteiger partial charge in [0, 0.05) is 27.1 Å². The summed E-state index contributed by atoms with van der Waals surface area (Å²) in [6, 6.07) is 9.46. The quantitative estimate of drug-likeness (QED) is 0.490. The third-order valence-electron chi connectivity index (χ3n) is 5.46. The van der Waals surface area contributed by atoms with E-state index in [0.29, 0.717) is 28.9 Å². The van der Waals surface area contributed by atoms with Gasteiger partial charge in [0.25, 0.3) is 11.4 Å². The second kappa shape index (κ2) is 8.15. The van der Waals surface area contributed by atoms with E-state index in [1.54, 1.807) is 14.0 Å². The van der Waals surface area contributed by atoms with Crippen molar-refractivity contribution in [2.45, 2.75) is 32.4 Å². The van der Waals surface area contributed by atoms with Crippen molar-refractivity contribution in [3.63, 3.8) is 0 Å². The van der Waals surface area contributed by atoms with Crippen molar-refractivity contribution in [1.82, 2.24) is 30.0 Å². The summed E-state index contributed by atoms with van der Waals surface area (Å²) in [5, 5.41) is 11.4. The summed E-state index contributed by atoms with van der Waals surface area (Å²) >= 11 is 1.29. The second-order valence-corrected chi connectivity index (χ2v) is 8.59. The molecule has 1 saturated heterocycles. The Balaban J connectivity index is 1.42. The normalized spacial score (nSPS) is 16.1. The van der Waals surface area contributed by atoms with Gasteiger partial charge in [0.2, 0.25) is 17.6 Å². The van der Waals surface area contributed by atoms with Gasteiger partial charge in [-0.1, -0.05) is 41.7 Å². The van der Waals surface area contributed by atoms with Crippen LogP contribution in [-0.4, -0.2) is 43.2 Å². The lowest BCUT2D eigenvalue weighted by molar-refractivity contribution is -0.122. The number of hydrogen-bond acceptors (Lipinski definition) is 9. The summed E-state index contributed by atoms with van der Waals surface area (Å²) in [6.07, 6.45) is 1.60.